The minimum absolute atomic E-state index is 0. The lowest BCUT2D eigenvalue weighted by molar-refractivity contribution is 0.378. The van der Waals surface area contributed by atoms with E-state index in [9.17, 15) is 13.2 Å². The fraction of sp³-hybridized carbons (Fsp3) is 0.381. The third-order valence-corrected chi connectivity index (χ3v) is 7.54. The van der Waals surface area contributed by atoms with Crippen molar-refractivity contribution in [2.75, 3.05) is 19.4 Å². The van der Waals surface area contributed by atoms with Gasteiger partial charge in [-0.3, -0.25) is 4.79 Å². The average molecular weight is 513 g/mol. The van der Waals surface area contributed by atoms with E-state index in [0.29, 0.717) is 33.1 Å². The fourth-order valence-corrected chi connectivity index (χ4v) is 4.90. The number of fused-ring (bicyclic) bond motifs is 1. The van der Waals surface area contributed by atoms with Crippen LogP contribution < -0.4 is 15.6 Å². The van der Waals surface area contributed by atoms with Crippen molar-refractivity contribution in [3.05, 3.63) is 51.9 Å². The van der Waals surface area contributed by atoms with Gasteiger partial charge in [-0.05, 0) is 37.8 Å². The number of H-pyrrole nitrogens is 1. The van der Waals surface area contributed by atoms with E-state index in [2.05, 4.69) is 25.0 Å². The highest BCUT2D eigenvalue weighted by Gasteiger charge is 2.26. The molecule has 178 valence electrons. The number of anilines is 1. The zero-order valence-electron chi connectivity index (χ0n) is 18.2. The lowest BCUT2D eigenvalue weighted by atomic mass is 9.92. The predicted molar refractivity (Wildman–Crippen MR) is 133 cm³/mol. The van der Waals surface area contributed by atoms with E-state index in [1.165, 1.54) is 18.4 Å². The number of rotatable bonds is 6. The highest BCUT2D eigenvalue weighted by molar-refractivity contribution is 7.87. The van der Waals surface area contributed by atoms with Crippen molar-refractivity contribution in [3.8, 4) is 11.1 Å². The van der Waals surface area contributed by atoms with Crippen LogP contribution in [0, 0.1) is 0 Å². The number of aromatic amines is 1. The van der Waals surface area contributed by atoms with Crippen LogP contribution in [0.3, 0.4) is 0 Å². The van der Waals surface area contributed by atoms with Crippen molar-refractivity contribution in [3.63, 3.8) is 0 Å². The molecule has 2 heterocycles. The molecule has 1 saturated carbocycles. The predicted octanol–water partition coefficient (Wildman–Crippen LogP) is 3.18. The molecule has 12 heteroatoms. The molecule has 0 atom stereocenters. The Morgan fingerprint density at radius 1 is 1.09 bits per heavy atom. The highest BCUT2D eigenvalue weighted by Crippen LogP contribution is 2.27. The van der Waals surface area contributed by atoms with Crippen molar-refractivity contribution in [1.29, 1.82) is 0 Å². The molecule has 0 aliphatic heterocycles. The Morgan fingerprint density at radius 2 is 1.76 bits per heavy atom. The molecule has 0 unspecified atom stereocenters. The van der Waals surface area contributed by atoms with Crippen LogP contribution in [-0.2, 0) is 10.2 Å². The Morgan fingerprint density at radius 3 is 2.42 bits per heavy atom. The van der Waals surface area contributed by atoms with Crippen molar-refractivity contribution < 1.29 is 8.42 Å². The van der Waals surface area contributed by atoms with E-state index < -0.39 is 10.2 Å². The van der Waals surface area contributed by atoms with Gasteiger partial charge >= 0.3 is 0 Å². The van der Waals surface area contributed by atoms with Crippen molar-refractivity contribution >= 4 is 51.2 Å². The van der Waals surface area contributed by atoms with E-state index in [1.54, 1.807) is 24.4 Å². The zero-order chi connectivity index (χ0) is 22.9. The van der Waals surface area contributed by atoms with Crippen molar-refractivity contribution in [1.82, 2.24) is 24.0 Å². The third-order valence-electron chi connectivity index (χ3n) is 5.61. The van der Waals surface area contributed by atoms with Crippen molar-refractivity contribution in [2.45, 2.75) is 37.8 Å². The molecule has 3 aromatic rings. The summed E-state index contributed by atoms with van der Waals surface area (Å²) >= 11 is 6.24. The van der Waals surface area contributed by atoms with E-state index in [1.807, 2.05) is 12.1 Å². The Labute approximate surface area is 203 Å². The Bertz CT molecular complexity index is 1290. The van der Waals surface area contributed by atoms with Gasteiger partial charge in [0.05, 0.1) is 0 Å². The summed E-state index contributed by atoms with van der Waals surface area (Å²) in [5, 5.41) is 4.50. The first-order valence-electron chi connectivity index (χ1n) is 10.3. The van der Waals surface area contributed by atoms with Crippen LogP contribution in [0.15, 0.2) is 41.3 Å². The summed E-state index contributed by atoms with van der Waals surface area (Å²) in [5.41, 5.74) is 1.28. The number of nitrogens with zero attached hydrogens (tertiary/aromatic N) is 3. The maximum Gasteiger partial charge on any atom is 0.279 e. The molecule has 0 bridgehead atoms. The molecule has 1 aliphatic carbocycles. The molecule has 2 aromatic heterocycles. The van der Waals surface area contributed by atoms with E-state index in [-0.39, 0.29) is 30.0 Å². The lowest BCUT2D eigenvalue weighted by Crippen LogP contribution is -2.44. The van der Waals surface area contributed by atoms with Gasteiger partial charge in [-0.1, -0.05) is 29.8 Å². The van der Waals surface area contributed by atoms with Gasteiger partial charge < -0.3 is 10.3 Å². The van der Waals surface area contributed by atoms with Gasteiger partial charge in [0, 0.05) is 53.9 Å². The fourth-order valence-electron chi connectivity index (χ4n) is 3.80. The van der Waals surface area contributed by atoms with Gasteiger partial charge in [0.1, 0.15) is 5.65 Å². The van der Waals surface area contributed by atoms with Crippen LogP contribution in [0.25, 0.3) is 22.2 Å². The second-order valence-corrected chi connectivity index (χ2v) is 10.4. The summed E-state index contributed by atoms with van der Waals surface area (Å²) in [6, 6.07) is 8.95. The molecule has 9 nitrogen and oxygen atoms in total. The molecule has 4 rings (SSSR count). The molecule has 0 spiro atoms. The molecule has 0 amide bonds. The molecular weight excluding hydrogens is 487 g/mol. The van der Waals surface area contributed by atoms with E-state index in [0.717, 1.165) is 25.7 Å². The summed E-state index contributed by atoms with van der Waals surface area (Å²) < 4.78 is 27.9. The van der Waals surface area contributed by atoms with Gasteiger partial charge in [-0.25, -0.2) is 4.98 Å². The summed E-state index contributed by atoms with van der Waals surface area (Å²) in [7, 11) is -0.416. The number of aromatic nitrogens is 3. The quantitative estimate of drug-likeness (QED) is 0.466. The monoisotopic (exact) mass is 512 g/mol. The zero-order valence-corrected chi connectivity index (χ0v) is 20.6. The lowest BCUT2D eigenvalue weighted by Gasteiger charge is -2.30. The van der Waals surface area contributed by atoms with Crippen LogP contribution in [0.4, 0.5) is 5.95 Å². The van der Waals surface area contributed by atoms with Gasteiger partial charge in [-0.2, -0.15) is 22.4 Å². The van der Waals surface area contributed by atoms with Gasteiger partial charge in [0.2, 0.25) is 5.95 Å². The highest BCUT2D eigenvalue weighted by atomic mass is 35.5. The Kier molecular flexibility index (Phi) is 7.96. The Hall–Kier alpha value is -2.24. The van der Waals surface area contributed by atoms with E-state index in [4.69, 9.17) is 11.6 Å². The minimum Gasteiger partial charge on any atom is -0.351 e. The second kappa shape index (κ2) is 10.4. The average Bonchev–Trinajstić information content (AvgIpc) is 2.75. The standard InChI is InChI=1S/C21H25ClN6O3S.ClH/c1-28(2)32(30,31)27-15-9-7-14(8-10-15)24-21-23-12-13-11-17(20(29)25-19(13)26-21)16-5-3-4-6-18(16)22;/h3-6,11-12,14-15,27H,7-10H2,1-2H3,(H2,23,24,25,26,29);1H. The molecule has 1 aliphatic rings. The first-order chi connectivity index (χ1) is 15.2. The van der Waals surface area contributed by atoms with Gasteiger partial charge in [0.15, 0.2) is 0 Å². The minimum atomic E-state index is -3.43. The molecule has 0 saturated heterocycles. The summed E-state index contributed by atoms with van der Waals surface area (Å²) in [5.74, 6) is 0.427. The number of benzene rings is 1. The van der Waals surface area contributed by atoms with Crippen LogP contribution in [0.2, 0.25) is 5.02 Å². The second-order valence-electron chi connectivity index (χ2n) is 8.09. The van der Waals surface area contributed by atoms with Crippen LogP contribution in [-0.4, -0.2) is 53.9 Å². The number of hydrogen-bond acceptors (Lipinski definition) is 6. The summed E-state index contributed by atoms with van der Waals surface area (Å²) in [4.78, 5) is 24.3. The van der Waals surface area contributed by atoms with E-state index >= 15 is 0 Å². The third kappa shape index (κ3) is 5.82. The molecule has 0 radical (unpaired) electrons. The SMILES string of the molecule is CN(C)S(=O)(=O)NC1CCC(Nc2ncc3cc(-c4ccccc4Cl)c(=O)[nH]c3n2)CC1.Cl. The smallest absolute Gasteiger partial charge is 0.279 e. The molecule has 1 fully saturated rings. The van der Waals surface area contributed by atoms with Crippen LogP contribution in [0.5, 0.6) is 0 Å². The van der Waals surface area contributed by atoms with Crippen LogP contribution >= 0.6 is 24.0 Å². The first-order valence-corrected chi connectivity index (χ1v) is 12.2. The Balaban J connectivity index is 0.00000306. The molecule has 1 aromatic carbocycles. The molecule has 33 heavy (non-hydrogen) atoms. The number of hydrogen-bond donors (Lipinski definition) is 3. The molecular formula is C21H26Cl2N6O3S. The molecule has 3 N–H and O–H groups in total. The number of nitrogens with one attached hydrogen (secondary N) is 3. The van der Waals surface area contributed by atoms with Crippen LogP contribution in [0.1, 0.15) is 25.7 Å². The summed E-state index contributed by atoms with van der Waals surface area (Å²) in [6.07, 6.45) is 4.67. The maximum absolute atomic E-state index is 12.6. The van der Waals surface area contributed by atoms with Gasteiger partial charge in [0.25, 0.3) is 15.8 Å². The summed E-state index contributed by atoms with van der Waals surface area (Å²) in [6.45, 7) is 0. The largest absolute Gasteiger partial charge is 0.351 e. The maximum atomic E-state index is 12.6. The number of halogens is 2. The normalized spacial score (nSPS) is 18.8. The topological polar surface area (TPSA) is 120 Å². The number of pyridine rings is 1. The van der Waals surface area contributed by atoms with Crippen molar-refractivity contribution in [2.24, 2.45) is 0 Å². The van der Waals surface area contributed by atoms with Gasteiger partial charge in [-0.15, -0.1) is 12.4 Å². The first kappa shape index (κ1) is 25.4.